The number of aromatic hydroxyl groups is 1. The Morgan fingerprint density at radius 3 is 2.44 bits per heavy atom. The van der Waals surface area contributed by atoms with Crippen LogP contribution in [0.5, 0.6) is 5.75 Å². The number of phenolic OH excluding ortho intramolecular Hbond substituents is 1. The van der Waals surface area contributed by atoms with Crippen molar-refractivity contribution in [1.29, 1.82) is 0 Å². The van der Waals surface area contributed by atoms with E-state index in [0.29, 0.717) is 0 Å². The zero-order chi connectivity index (χ0) is 12.1. The Kier molecular flexibility index (Phi) is 3.66. The van der Waals surface area contributed by atoms with Gasteiger partial charge in [0, 0.05) is 5.57 Å². The van der Waals surface area contributed by atoms with Crippen molar-refractivity contribution in [2.75, 3.05) is 0 Å². The van der Waals surface area contributed by atoms with Crippen LogP contribution in [0.3, 0.4) is 0 Å². The average Bonchev–Trinajstić information content (AvgIpc) is 2.25. The summed E-state index contributed by atoms with van der Waals surface area (Å²) in [6.07, 6.45) is 0. The van der Waals surface area contributed by atoms with Gasteiger partial charge in [0.15, 0.2) is 0 Å². The molecule has 5 heteroatoms. The molecule has 0 radical (unpaired) electrons. The predicted molar refractivity (Wildman–Crippen MR) is 58.5 cm³/mol. The molecule has 0 fully saturated rings. The van der Waals surface area contributed by atoms with E-state index < -0.39 is 11.8 Å². The zero-order valence-corrected chi connectivity index (χ0v) is 8.78. The molecule has 0 saturated carbocycles. The van der Waals surface area contributed by atoms with Gasteiger partial charge in [-0.3, -0.25) is 20.4 Å². The number of nitrogens with one attached hydrogen (secondary N) is 2. The van der Waals surface area contributed by atoms with Gasteiger partial charge in [-0.25, -0.2) is 0 Å². The van der Waals surface area contributed by atoms with Gasteiger partial charge in [0.2, 0.25) is 0 Å². The standard InChI is InChI=1S/C11H12N2O3/c1-7(2)10(15)12-13-11(16)8-5-3-4-6-9(8)14/h3-6,14H,1H2,2H3,(H,12,15)(H,13,16). The van der Waals surface area contributed by atoms with Gasteiger partial charge in [0.1, 0.15) is 5.75 Å². The molecule has 0 saturated heterocycles. The van der Waals surface area contributed by atoms with Gasteiger partial charge in [0.05, 0.1) is 5.56 Å². The smallest absolute Gasteiger partial charge is 0.273 e. The van der Waals surface area contributed by atoms with E-state index in [0.717, 1.165) is 0 Å². The van der Waals surface area contributed by atoms with E-state index in [1.807, 2.05) is 0 Å². The second-order valence-corrected chi connectivity index (χ2v) is 3.21. The van der Waals surface area contributed by atoms with Crippen LogP contribution in [0.25, 0.3) is 0 Å². The van der Waals surface area contributed by atoms with E-state index in [9.17, 15) is 14.7 Å². The number of hydrazine groups is 1. The minimum absolute atomic E-state index is 0.0875. The van der Waals surface area contributed by atoms with Crippen LogP contribution in [-0.2, 0) is 4.79 Å². The van der Waals surface area contributed by atoms with Crippen LogP contribution < -0.4 is 10.9 Å². The van der Waals surface area contributed by atoms with Crippen molar-refractivity contribution in [2.45, 2.75) is 6.92 Å². The first-order valence-electron chi connectivity index (χ1n) is 4.56. The number of benzene rings is 1. The molecule has 0 aliphatic heterocycles. The Balaban J connectivity index is 2.64. The third-order valence-electron chi connectivity index (χ3n) is 1.83. The molecule has 84 valence electrons. The maximum atomic E-state index is 11.5. The summed E-state index contributed by atoms with van der Waals surface area (Å²) in [7, 11) is 0. The van der Waals surface area contributed by atoms with Crippen molar-refractivity contribution in [3.8, 4) is 5.75 Å². The summed E-state index contributed by atoms with van der Waals surface area (Å²) in [5.41, 5.74) is 4.68. The number of rotatable bonds is 2. The molecule has 2 amide bonds. The van der Waals surface area contributed by atoms with Gasteiger partial charge in [-0.2, -0.15) is 0 Å². The molecule has 0 bridgehead atoms. The van der Waals surface area contributed by atoms with Crippen LogP contribution in [0.2, 0.25) is 0 Å². The summed E-state index contributed by atoms with van der Waals surface area (Å²) in [5, 5.41) is 9.36. The van der Waals surface area contributed by atoms with E-state index in [1.165, 1.54) is 19.1 Å². The van der Waals surface area contributed by atoms with E-state index in [-0.39, 0.29) is 16.9 Å². The summed E-state index contributed by atoms with van der Waals surface area (Å²) in [4.78, 5) is 22.6. The van der Waals surface area contributed by atoms with Crippen molar-refractivity contribution >= 4 is 11.8 Å². The molecule has 1 aromatic carbocycles. The quantitative estimate of drug-likeness (QED) is 0.508. The van der Waals surface area contributed by atoms with E-state index in [1.54, 1.807) is 12.1 Å². The molecule has 0 aliphatic carbocycles. The number of phenols is 1. The fourth-order valence-corrected chi connectivity index (χ4v) is 0.953. The third-order valence-corrected chi connectivity index (χ3v) is 1.83. The lowest BCUT2D eigenvalue weighted by molar-refractivity contribution is -0.118. The molecule has 0 aromatic heterocycles. The summed E-state index contributed by atoms with van der Waals surface area (Å²) in [6.45, 7) is 4.93. The highest BCUT2D eigenvalue weighted by Gasteiger charge is 2.10. The molecule has 16 heavy (non-hydrogen) atoms. The monoisotopic (exact) mass is 220 g/mol. The Morgan fingerprint density at radius 1 is 1.25 bits per heavy atom. The van der Waals surface area contributed by atoms with Crippen LogP contribution in [0.15, 0.2) is 36.4 Å². The van der Waals surface area contributed by atoms with Crippen molar-refractivity contribution in [3.63, 3.8) is 0 Å². The highest BCUT2D eigenvalue weighted by molar-refractivity contribution is 5.99. The summed E-state index contributed by atoms with van der Waals surface area (Å²) in [5.74, 6) is -1.22. The van der Waals surface area contributed by atoms with Crippen molar-refractivity contribution in [1.82, 2.24) is 10.9 Å². The number of carbonyl (C=O) groups is 2. The highest BCUT2D eigenvalue weighted by Crippen LogP contribution is 2.14. The maximum Gasteiger partial charge on any atom is 0.273 e. The largest absolute Gasteiger partial charge is 0.507 e. The number of carbonyl (C=O) groups excluding carboxylic acids is 2. The Hall–Kier alpha value is -2.30. The van der Waals surface area contributed by atoms with Crippen LogP contribution in [-0.4, -0.2) is 16.9 Å². The fourth-order valence-electron chi connectivity index (χ4n) is 0.953. The maximum absolute atomic E-state index is 11.5. The molecule has 1 rings (SSSR count). The number of para-hydroxylation sites is 1. The molecule has 5 nitrogen and oxygen atoms in total. The molecule has 3 N–H and O–H groups in total. The Labute approximate surface area is 92.8 Å². The molecule has 0 spiro atoms. The van der Waals surface area contributed by atoms with Crippen molar-refractivity contribution in [2.24, 2.45) is 0 Å². The zero-order valence-electron chi connectivity index (χ0n) is 8.78. The molecule has 1 aromatic rings. The lowest BCUT2D eigenvalue weighted by Gasteiger charge is -2.07. The SMILES string of the molecule is C=C(C)C(=O)NNC(=O)c1ccccc1O. The number of amides is 2. The first kappa shape index (κ1) is 11.8. The molecular weight excluding hydrogens is 208 g/mol. The Bertz CT molecular complexity index is 441. The predicted octanol–water partition coefficient (Wildman–Crippen LogP) is 0.729. The van der Waals surface area contributed by atoms with Crippen LogP contribution in [0.4, 0.5) is 0 Å². The van der Waals surface area contributed by atoms with Gasteiger partial charge in [-0.05, 0) is 19.1 Å². The van der Waals surface area contributed by atoms with Crippen molar-refractivity contribution < 1.29 is 14.7 Å². The van der Waals surface area contributed by atoms with Gasteiger partial charge in [-0.1, -0.05) is 18.7 Å². The molecular formula is C11H12N2O3. The van der Waals surface area contributed by atoms with Gasteiger partial charge >= 0.3 is 0 Å². The van der Waals surface area contributed by atoms with Gasteiger partial charge in [-0.15, -0.1) is 0 Å². The fraction of sp³-hybridized carbons (Fsp3) is 0.0909. The van der Waals surface area contributed by atoms with Crippen molar-refractivity contribution in [3.05, 3.63) is 42.0 Å². The Morgan fingerprint density at radius 2 is 1.88 bits per heavy atom. The average molecular weight is 220 g/mol. The molecule has 0 atom stereocenters. The normalized spacial score (nSPS) is 9.31. The van der Waals surface area contributed by atoms with Gasteiger partial charge in [0.25, 0.3) is 11.8 Å². The first-order chi connectivity index (χ1) is 7.52. The first-order valence-corrected chi connectivity index (χ1v) is 4.56. The van der Waals surface area contributed by atoms with Crippen LogP contribution >= 0.6 is 0 Å². The summed E-state index contributed by atoms with van der Waals surface area (Å²) < 4.78 is 0. The molecule has 0 aliphatic rings. The van der Waals surface area contributed by atoms with Crippen LogP contribution in [0.1, 0.15) is 17.3 Å². The molecule has 0 unspecified atom stereocenters. The lowest BCUT2D eigenvalue weighted by Crippen LogP contribution is -2.41. The van der Waals surface area contributed by atoms with Gasteiger partial charge < -0.3 is 5.11 Å². The minimum Gasteiger partial charge on any atom is -0.507 e. The minimum atomic E-state index is -0.590. The lowest BCUT2D eigenvalue weighted by atomic mass is 10.2. The van der Waals surface area contributed by atoms with Crippen LogP contribution in [0, 0.1) is 0 Å². The second-order valence-electron chi connectivity index (χ2n) is 3.21. The summed E-state index contributed by atoms with van der Waals surface area (Å²) >= 11 is 0. The third kappa shape index (κ3) is 2.84. The number of hydrogen-bond donors (Lipinski definition) is 3. The highest BCUT2D eigenvalue weighted by atomic mass is 16.3. The number of hydrogen-bond acceptors (Lipinski definition) is 3. The topological polar surface area (TPSA) is 78.4 Å². The van der Waals surface area contributed by atoms with E-state index in [2.05, 4.69) is 17.4 Å². The second kappa shape index (κ2) is 4.97. The van der Waals surface area contributed by atoms with E-state index >= 15 is 0 Å². The molecule has 0 heterocycles. The summed E-state index contributed by atoms with van der Waals surface area (Å²) in [6, 6.07) is 6.03. The van der Waals surface area contributed by atoms with E-state index in [4.69, 9.17) is 0 Å².